The quantitative estimate of drug-likeness (QED) is 0.760. The van der Waals surface area contributed by atoms with E-state index < -0.39 is 0 Å². The van der Waals surface area contributed by atoms with Crippen molar-refractivity contribution in [3.05, 3.63) is 40.1 Å². The van der Waals surface area contributed by atoms with Gasteiger partial charge < -0.3 is 20.9 Å². The van der Waals surface area contributed by atoms with Crippen molar-refractivity contribution in [2.24, 2.45) is 0 Å². The van der Waals surface area contributed by atoms with Crippen LogP contribution < -0.4 is 15.8 Å². The summed E-state index contributed by atoms with van der Waals surface area (Å²) >= 11 is 1.63. The van der Waals surface area contributed by atoms with Gasteiger partial charge in [0.05, 0.1) is 19.8 Å². The third-order valence-corrected chi connectivity index (χ3v) is 3.70. The fraction of sp³-hybridized carbons (Fsp3) is 0.286. The Bertz CT molecular complexity index is 540. The molecular formula is C14H18N2O2S. The Balaban J connectivity index is 2.07. The zero-order valence-corrected chi connectivity index (χ0v) is 11.7. The molecule has 2 aromatic rings. The normalized spacial score (nSPS) is 10.4. The van der Waals surface area contributed by atoms with Crippen LogP contribution >= 0.6 is 11.3 Å². The number of hydrogen-bond donors (Lipinski definition) is 3. The van der Waals surface area contributed by atoms with Gasteiger partial charge in [-0.25, -0.2) is 0 Å². The maximum absolute atomic E-state index is 9.34. The smallest absolute Gasteiger partial charge is 0.124 e. The first-order valence-electron chi connectivity index (χ1n) is 6.17. The molecule has 0 spiro atoms. The van der Waals surface area contributed by atoms with Crippen molar-refractivity contribution in [3.63, 3.8) is 0 Å². The summed E-state index contributed by atoms with van der Waals surface area (Å²) in [4.78, 5) is 1.11. The maximum Gasteiger partial charge on any atom is 0.124 e. The highest BCUT2D eigenvalue weighted by Gasteiger charge is 2.05. The number of hydrogen-bond acceptors (Lipinski definition) is 5. The minimum atomic E-state index is -0.0357. The SMILES string of the molecule is CCOc1ccc(NCc2sccc2N)cc1CO. The standard InChI is InChI=1S/C14H18N2O2S/c1-2-18-13-4-3-11(7-10(13)9-17)16-8-14-12(15)5-6-19-14/h3-7,16-17H,2,8-9,15H2,1H3. The summed E-state index contributed by atoms with van der Waals surface area (Å²) in [6, 6.07) is 7.61. The zero-order valence-electron chi connectivity index (χ0n) is 10.8. The molecule has 0 saturated carbocycles. The number of benzene rings is 1. The highest BCUT2D eigenvalue weighted by Crippen LogP contribution is 2.25. The van der Waals surface area contributed by atoms with Crippen LogP contribution in [0.25, 0.3) is 0 Å². The number of nitrogens with one attached hydrogen (secondary N) is 1. The minimum absolute atomic E-state index is 0.0357. The molecule has 0 atom stereocenters. The molecule has 4 nitrogen and oxygen atoms in total. The van der Waals surface area contributed by atoms with Gasteiger partial charge in [0.15, 0.2) is 0 Å². The molecule has 0 aliphatic carbocycles. The van der Waals surface area contributed by atoms with E-state index in [0.717, 1.165) is 27.6 Å². The van der Waals surface area contributed by atoms with Crippen LogP contribution in [-0.2, 0) is 13.2 Å². The van der Waals surface area contributed by atoms with E-state index in [4.69, 9.17) is 10.5 Å². The lowest BCUT2D eigenvalue weighted by atomic mass is 10.2. The Hall–Kier alpha value is -1.72. The number of ether oxygens (including phenoxy) is 1. The van der Waals surface area contributed by atoms with Crippen molar-refractivity contribution in [1.82, 2.24) is 0 Å². The van der Waals surface area contributed by atoms with Crippen LogP contribution in [0.2, 0.25) is 0 Å². The zero-order chi connectivity index (χ0) is 13.7. The van der Waals surface area contributed by atoms with Crippen molar-refractivity contribution >= 4 is 22.7 Å². The van der Waals surface area contributed by atoms with Gasteiger partial charge in [-0.05, 0) is 36.6 Å². The van der Waals surface area contributed by atoms with E-state index in [-0.39, 0.29) is 6.61 Å². The topological polar surface area (TPSA) is 67.5 Å². The lowest BCUT2D eigenvalue weighted by Gasteiger charge is -2.11. The Morgan fingerprint density at radius 3 is 2.84 bits per heavy atom. The van der Waals surface area contributed by atoms with Crippen molar-refractivity contribution in [2.75, 3.05) is 17.7 Å². The molecule has 0 saturated heterocycles. The first-order valence-corrected chi connectivity index (χ1v) is 7.04. The Labute approximate surface area is 116 Å². The molecule has 0 aliphatic heterocycles. The van der Waals surface area contributed by atoms with Crippen LogP contribution in [0.5, 0.6) is 5.75 Å². The summed E-state index contributed by atoms with van der Waals surface area (Å²) in [5.74, 6) is 0.728. The summed E-state index contributed by atoms with van der Waals surface area (Å²) in [7, 11) is 0. The molecule has 1 aromatic carbocycles. The fourth-order valence-electron chi connectivity index (χ4n) is 1.79. The molecule has 0 unspecified atom stereocenters. The van der Waals surface area contributed by atoms with Crippen molar-refractivity contribution in [1.29, 1.82) is 0 Å². The molecule has 0 fully saturated rings. The Morgan fingerprint density at radius 2 is 2.21 bits per heavy atom. The van der Waals surface area contributed by atoms with Gasteiger partial charge in [0, 0.05) is 21.8 Å². The fourth-order valence-corrected chi connectivity index (χ4v) is 2.52. The molecule has 2 rings (SSSR count). The molecule has 19 heavy (non-hydrogen) atoms. The second-order valence-electron chi connectivity index (χ2n) is 4.07. The Morgan fingerprint density at radius 1 is 1.37 bits per heavy atom. The van der Waals surface area contributed by atoms with E-state index in [1.807, 2.05) is 36.6 Å². The lowest BCUT2D eigenvalue weighted by Crippen LogP contribution is -2.02. The van der Waals surface area contributed by atoms with Gasteiger partial charge in [-0.3, -0.25) is 0 Å². The second kappa shape index (κ2) is 6.45. The van der Waals surface area contributed by atoms with Crippen LogP contribution in [0.4, 0.5) is 11.4 Å². The number of nitrogen functional groups attached to an aromatic ring is 1. The minimum Gasteiger partial charge on any atom is -0.494 e. The summed E-state index contributed by atoms with van der Waals surface area (Å²) in [5, 5.41) is 14.6. The largest absolute Gasteiger partial charge is 0.494 e. The average Bonchev–Trinajstić information content (AvgIpc) is 2.83. The van der Waals surface area contributed by atoms with Gasteiger partial charge in [0.1, 0.15) is 5.75 Å². The van der Waals surface area contributed by atoms with E-state index >= 15 is 0 Å². The van der Waals surface area contributed by atoms with Gasteiger partial charge in [-0.2, -0.15) is 0 Å². The molecule has 0 aliphatic rings. The number of aliphatic hydroxyl groups is 1. The lowest BCUT2D eigenvalue weighted by molar-refractivity contribution is 0.267. The van der Waals surface area contributed by atoms with Crippen LogP contribution in [0.15, 0.2) is 29.6 Å². The monoisotopic (exact) mass is 278 g/mol. The van der Waals surface area contributed by atoms with Crippen LogP contribution in [0, 0.1) is 0 Å². The van der Waals surface area contributed by atoms with E-state index in [9.17, 15) is 5.11 Å². The maximum atomic E-state index is 9.34. The van der Waals surface area contributed by atoms with E-state index in [1.54, 1.807) is 11.3 Å². The summed E-state index contributed by atoms with van der Waals surface area (Å²) in [6.07, 6.45) is 0. The second-order valence-corrected chi connectivity index (χ2v) is 5.07. The molecule has 1 heterocycles. The third-order valence-electron chi connectivity index (χ3n) is 2.76. The van der Waals surface area contributed by atoms with Gasteiger partial charge in [0.25, 0.3) is 0 Å². The van der Waals surface area contributed by atoms with Gasteiger partial charge in [-0.1, -0.05) is 0 Å². The molecule has 0 radical (unpaired) electrons. The van der Waals surface area contributed by atoms with E-state index in [2.05, 4.69) is 5.32 Å². The van der Waals surface area contributed by atoms with Gasteiger partial charge in [0.2, 0.25) is 0 Å². The highest BCUT2D eigenvalue weighted by molar-refractivity contribution is 7.10. The predicted octanol–water partition coefficient (Wildman–Crippen LogP) is 2.83. The number of rotatable bonds is 6. The first-order chi connectivity index (χ1) is 9.24. The molecule has 0 bridgehead atoms. The molecule has 5 heteroatoms. The predicted molar refractivity (Wildman–Crippen MR) is 79.6 cm³/mol. The number of aliphatic hydroxyl groups excluding tert-OH is 1. The average molecular weight is 278 g/mol. The van der Waals surface area contributed by atoms with Gasteiger partial charge >= 0.3 is 0 Å². The number of anilines is 2. The summed E-state index contributed by atoms with van der Waals surface area (Å²) in [6.45, 7) is 3.16. The molecule has 1 aromatic heterocycles. The van der Waals surface area contributed by atoms with Crippen molar-refractivity contribution in [2.45, 2.75) is 20.1 Å². The number of nitrogens with two attached hydrogens (primary N) is 1. The highest BCUT2D eigenvalue weighted by atomic mass is 32.1. The van der Waals surface area contributed by atoms with Crippen molar-refractivity contribution in [3.8, 4) is 5.75 Å². The summed E-state index contributed by atoms with van der Waals surface area (Å²) in [5.41, 5.74) is 8.37. The van der Waals surface area contributed by atoms with Crippen LogP contribution in [0.1, 0.15) is 17.4 Å². The Kier molecular flexibility index (Phi) is 4.65. The van der Waals surface area contributed by atoms with Crippen molar-refractivity contribution < 1.29 is 9.84 Å². The van der Waals surface area contributed by atoms with Gasteiger partial charge in [-0.15, -0.1) is 11.3 Å². The molecule has 0 amide bonds. The third kappa shape index (κ3) is 3.39. The van der Waals surface area contributed by atoms with Crippen LogP contribution in [0.3, 0.4) is 0 Å². The van der Waals surface area contributed by atoms with E-state index in [1.165, 1.54) is 0 Å². The first kappa shape index (κ1) is 13.7. The molecular weight excluding hydrogens is 260 g/mol. The van der Waals surface area contributed by atoms with Crippen LogP contribution in [-0.4, -0.2) is 11.7 Å². The number of thiophene rings is 1. The molecule has 102 valence electrons. The van der Waals surface area contributed by atoms with E-state index in [0.29, 0.717) is 13.2 Å². The molecule has 4 N–H and O–H groups in total. The summed E-state index contributed by atoms with van der Waals surface area (Å²) < 4.78 is 5.45.